The zero-order chi connectivity index (χ0) is 14.5. The maximum Gasteiger partial charge on any atom is 0.327 e. The van der Waals surface area contributed by atoms with Crippen molar-refractivity contribution >= 4 is 11.9 Å². The second kappa shape index (κ2) is 5.75. The number of aromatic nitrogens is 1. The van der Waals surface area contributed by atoms with Crippen molar-refractivity contribution in [1.29, 1.82) is 0 Å². The minimum Gasteiger partial charge on any atom is -0.480 e. The average Bonchev–Trinajstić information content (AvgIpc) is 3.08. The molecule has 0 spiro atoms. The molecule has 2 heterocycles. The minimum absolute atomic E-state index is 0.0559. The van der Waals surface area contributed by atoms with Gasteiger partial charge < -0.3 is 19.4 Å². The molecule has 1 unspecified atom stereocenters. The van der Waals surface area contributed by atoms with Crippen LogP contribution in [0.3, 0.4) is 0 Å². The summed E-state index contributed by atoms with van der Waals surface area (Å²) in [6, 6.07) is 3.48. The first-order valence-corrected chi connectivity index (χ1v) is 5.59. The molecule has 0 bridgehead atoms. The van der Waals surface area contributed by atoms with Crippen LogP contribution in [0.1, 0.15) is 16.9 Å². The molecule has 7 nitrogen and oxygen atoms in total. The zero-order valence-corrected chi connectivity index (χ0v) is 10.2. The maximum absolute atomic E-state index is 11.8. The van der Waals surface area contributed by atoms with Gasteiger partial charge in [0.25, 0.3) is 5.91 Å². The molecular weight excluding hydrogens is 264 g/mol. The van der Waals surface area contributed by atoms with Gasteiger partial charge in [-0.1, -0.05) is 5.16 Å². The lowest BCUT2D eigenvalue weighted by Crippen LogP contribution is -2.40. The van der Waals surface area contributed by atoms with Crippen LogP contribution >= 0.6 is 0 Å². The van der Waals surface area contributed by atoms with Crippen molar-refractivity contribution in [1.82, 2.24) is 10.5 Å². The highest BCUT2D eigenvalue weighted by atomic mass is 16.5. The maximum atomic E-state index is 11.8. The molecule has 2 rings (SSSR count). The normalized spacial score (nSPS) is 11.6. The predicted octanol–water partition coefficient (Wildman–Crippen LogP) is 1.14. The van der Waals surface area contributed by atoms with Crippen molar-refractivity contribution < 1.29 is 23.6 Å². The van der Waals surface area contributed by atoms with Crippen LogP contribution in [0.4, 0.5) is 0 Å². The molecule has 0 aliphatic rings. The van der Waals surface area contributed by atoms with E-state index in [1.54, 1.807) is 12.1 Å². The molecule has 0 aromatic carbocycles. The summed E-state index contributed by atoms with van der Waals surface area (Å²) in [6.45, 7) is 0. The lowest BCUT2D eigenvalue weighted by molar-refractivity contribution is -0.139. The molecule has 2 aromatic heterocycles. The van der Waals surface area contributed by atoms with Gasteiger partial charge in [0.2, 0.25) is 5.76 Å². The molecule has 0 fully saturated rings. The van der Waals surface area contributed by atoms with Crippen LogP contribution in [-0.2, 0) is 4.79 Å². The fraction of sp³-hybridized carbons (Fsp3) is 0.154. The number of rotatable bonds is 5. The number of nitrogens with zero attached hydrogens (tertiary/aromatic N) is 1. The number of amides is 1. The Morgan fingerprint density at radius 3 is 2.90 bits per heavy atom. The summed E-state index contributed by atoms with van der Waals surface area (Å²) >= 11 is 0. The quantitative estimate of drug-likeness (QED) is 0.792. The van der Waals surface area contributed by atoms with E-state index in [2.05, 4.69) is 16.4 Å². The van der Waals surface area contributed by atoms with Crippen molar-refractivity contribution in [3.8, 4) is 23.9 Å². The Morgan fingerprint density at radius 2 is 2.30 bits per heavy atom. The molecule has 1 atom stereocenters. The third-order valence-electron chi connectivity index (χ3n) is 2.43. The lowest BCUT2D eigenvalue weighted by atomic mass is 10.2. The highest BCUT2D eigenvalue weighted by Gasteiger charge is 2.22. The summed E-state index contributed by atoms with van der Waals surface area (Å²) in [6.07, 6.45) is 6.37. The number of nitrogens with one attached hydrogen (secondary N) is 1. The highest BCUT2D eigenvalue weighted by molar-refractivity contribution is 5.95. The van der Waals surface area contributed by atoms with Crippen LogP contribution < -0.4 is 5.32 Å². The molecule has 0 saturated carbocycles. The van der Waals surface area contributed by atoms with E-state index < -0.39 is 17.9 Å². The number of aliphatic carboxylic acids is 1. The van der Waals surface area contributed by atoms with Crippen LogP contribution in [0.5, 0.6) is 0 Å². The molecule has 1 amide bonds. The Hall–Kier alpha value is -3.01. The van der Waals surface area contributed by atoms with E-state index in [-0.39, 0.29) is 17.9 Å². The van der Waals surface area contributed by atoms with Gasteiger partial charge in [-0.3, -0.25) is 4.79 Å². The summed E-state index contributed by atoms with van der Waals surface area (Å²) in [7, 11) is 0. The molecule has 0 radical (unpaired) electrons. The van der Waals surface area contributed by atoms with Crippen LogP contribution in [-0.4, -0.2) is 28.2 Å². The van der Waals surface area contributed by atoms with Gasteiger partial charge in [-0.25, -0.2) is 4.79 Å². The van der Waals surface area contributed by atoms with Gasteiger partial charge in [-0.15, -0.1) is 12.3 Å². The SMILES string of the molecule is C#CCC(NC(=O)c1cc(-c2ccco2)on1)C(=O)O. The zero-order valence-electron chi connectivity index (χ0n) is 10.2. The summed E-state index contributed by atoms with van der Waals surface area (Å²) in [5, 5.41) is 14.7. The Labute approximate surface area is 113 Å². The van der Waals surface area contributed by atoms with Gasteiger partial charge >= 0.3 is 5.97 Å². The number of furan rings is 1. The number of carboxylic acids is 1. The van der Waals surface area contributed by atoms with E-state index in [9.17, 15) is 9.59 Å². The lowest BCUT2D eigenvalue weighted by Gasteiger charge is -2.09. The van der Waals surface area contributed by atoms with E-state index in [4.69, 9.17) is 20.5 Å². The van der Waals surface area contributed by atoms with E-state index in [1.165, 1.54) is 12.3 Å². The average molecular weight is 274 g/mol. The number of hydrogen-bond donors (Lipinski definition) is 2. The highest BCUT2D eigenvalue weighted by Crippen LogP contribution is 2.20. The van der Waals surface area contributed by atoms with E-state index in [0.29, 0.717) is 5.76 Å². The van der Waals surface area contributed by atoms with Crippen molar-refractivity contribution in [3.05, 3.63) is 30.2 Å². The Bertz CT molecular complexity index is 651. The molecular formula is C13H10N2O5. The van der Waals surface area contributed by atoms with E-state index >= 15 is 0 Å². The van der Waals surface area contributed by atoms with Crippen molar-refractivity contribution in [2.45, 2.75) is 12.5 Å². The van der Waals surface area contributed by atoms with Gasteiger partial charge in [0.15, 0.2) is 11.5 Å². The van der Waals surface area contributed by atoms with Crippen LogP contribution in [0, 0.1) is 12.3 Å². The second-order valence-electron chi connectivity index (χ2n) is 3.83. The predicted molar refractivity (Wildman–Crippen MR) is 66.5 cm³/mol. The summed E-state index contributed by atoms with van der Waals surface area (Å²) in [4.78, 5) is 22.7. The van der Waals surface area contributed by atoms with E-state index in [0.717, 1.165) is 0 Å². The molecule has 0 aliphatic carbocycles. The molecule has 0 aliphatic heterocycles. The summed E-state index contributed by atoms with van der Waals surface area (Å²) in [5.74, 6) is 0.956. The largest absolute Gasteiger partial charge is 0.480 e. The first-order valence-electron chi connectivity index (χ1n) is 5.59. The van der Waals surface area contributed by atoms with Gasteiger partial charge in [-0.2, -0.15) is 0 Å². The molecule has 7 heteroatoms. The first kappa shape index (κ1) is 13.4. The van der Waals surface area contributed by atoms with Gasteiger partial charge in [0.05, 0.1) is 6.26 Å². The van der Waals surface area contributed by atoms with Crippen molar-refractivity contribution in [3.63, 3.8) is 0 Å². The Balaban J connectivity index is 2.10. The molecule has 20 heavy (non-hydrogen) atoms. The Kier molecular flexibility index (Phi) is 3.86. The first-order chi connectivity index (χ1) is 9.61. The van der Waals surface area contributed by atoms with Crippen LogP contribution in [0.25, 0.3) is 11.5 Å². The summed E-state index contributed by atoms with van der Waals surface area (Å²) in [5.41, 5.74) is -0.0559. The number of terminal acetylenes is 1. The molecule has 2 aromatic rings. The number of hydrogen-bond acceptors (Lipinski definition) is 5. The smallest absolute Gasteiger partial charge is 0.327 e. The van der Waals surface area contributed by atoms with Crippen LogP contribution in [0.15, 0.2) is 33.4 Å². The third kappa shape index (κ3) is 2.87. The number of carbonyl (C=O) groups excluding carboxylic acids is 1. The Morgan fingerprint density at radius 1 is 1.50 bits per heavy atom. The van der Waals surface area contributed by atoms with Crippen molar-refractivity contribution in [2.24, 2.45) is 0 Å². The molecule has 2 N–H and O–H groups in total. The molecule has 0 saturated heterocycles. The van der Waals surface area contributed by atoms with Gasteiger partial charge in [0.1, 0.15) is 6.04 Å². The van der Waals surface area contributed by atoms with Crippen molar-refractivity contribution in [2.75, 3.05) is 0 Å². The second-order valence-corrected chi connectivity index (χ2v) is 3.83. The third-order valence-corrected chi connectivity index (χ3v) is 2.43. The standard InChI is InChI=1S/C13H10N2O5/c1-2-4-8(13(17)18)14-12(16)9-7-11(20-15-9)10-5-3-6-19-10/h1,3,5-8H,4H2,(H,14,16)(H,17,18). The van der Waals surface area contributed by atoms with Gasteiger partial charge in [0, 0.05) is 12.5 Å². The fourth-order valence-electron chi connectivity index (χ4n) is 1.47. The minimum atomic E-state index is -1.22. The fourth-order valence-corrected chi connectivity index (χ4v) is 1.47. The number of carbonyl (C=O) groups is 2. The van der Waals surface area contributed by atoms with E-state index in [1.807, 2.05) is 0 Å². The topological polar surface area (TPSA) is 106 Å². The van der Waals surface area contributed by atoms with Crippen LogP contribution in [0.2, 0.25) is 0 Å². The number of carboxylic acid groups (broad SMARTS) is 1. The monoisotopic (exact) mass is 274 g/mol. The van der Waals surface area contributed by atoms with Gasteiger partial charge in [-0.05, 0) is 12.1 Å². The summed E-state index contributed by atoms with van der Waals surface area (Å²) < 4.78 is 10.0. The molecule has 102 valence electrons.